The van der Waals surface area contributed by atoms with Crippen LogP contribution in [0.5, 0.6) is 0 Å². The number of amides is 1. The lowest BCUT2D eigenvalue weighted by atomic mass is 10.0. The summed E-state index contributed by atoms with van der Waals surface area (Å²) in [6, 6.07) is -0.542. The van der Waals surface area contributed by atoms with Crippen LogP contribution in [-0.2, 0) is 14.3 Å². The Hall–Kier alpha value is -1.66. The number of hydrogen-bond donors (Lipinski definition) is 3. The number of aliphatic hydroxyl groups excluding tert-OH is 2. The van der Waals surface area contributed by atoms with Gasteiger partial charge in [0.15, 0.2) is 0 Å². The van der Waals surface area contributed by atoms with Crippen LogP contribution in [0.4, 0.5) is 0 Å². The number of carbonyl (C=O) groups is 2. The van der Waals surface area contributed by atoms with Gasteiger partial charge in [-0.05, 0) is 77.0 Å². The number of nitrogens with one attached hydrogen (secondary N) is 1. The highest BCUT2D eigenvalue weighted by molar-refractivity contribution is 5.76. The van der Waals surface area contributed by atoms with E-state index in [4.69, 9.17) is 4.74 Å². The van der Waals surface area contributed by atoms with Gasteiger partial charge in [-0.3, -0.25) is 9.59 Å². The van der Waals surface area contributed by atoms with Crippen LogP contribution < -0.4 is 5.32 Å². The third-order valence-corrected chi connectivity index (χ3v) is 18.0. The Balaban J connectivity index is 3.37. The van der Waals surface area contributed by atoms with Gasteiger partial charge < -0.3 is 20.3 Å². The zero-order valence-corrected chi connectivity index (χ0v) is 56.5. The number of allylic oxidation sites excluding steroid dienone is 4. The molecular formula is C77H149NO5. The lowest BCUT2D eigenvalue weighted by molar-refractivity contribution is -0.143. The van der Waals surface area contributed by atoms with Gasteiger partial charge in [-0.15, -0.1) is 0 Å². The molecule has 0 aromatic carbocycles. The Morgan fingerprint density at radius 3 is 0.855 bits per heavy atom. The second-order valence-electron chi connectivity index (χ2n) is 26.3. The van der Waals surface area contributed by atoms with Crippen molar-refractivity contribution >= 4 is 11.9 Å². The van der Waals surface area contributed by atoms with Gasteiger partial charge in [-0.1, -0.05) is 366 Å². The third kappa shape index (κ3) is 69.3. The molecule has 6 heteroatoms. The van der Waals surface area contributed by atoms with Crippen LogP contribution in [0.15, 0.2) is 24.3 Å². The van der Waals surface area contributed by atoms with Crippen molar-refractivity contribution in [1.82, 2.24) is 5.32 Å². The van der Waals surface area contributed by atoms with Crippen molar-refractivity contribution < 1.29 is 24.5 Å². The van der Waals surface area contributed by atoms with E-state index >= 15 is 0 Å². The molecule has 0 aliphatic heterocycles. The molecule has 0 aliphatic carbocycles. The predicted octanol–water partition coefficient (Wildman–Crippen LogP) is 24.9. The van der Waals surface area contributed by atoms with Crippen LogP contribution in [0.25, 0.3) is 0 Å². The largest absolute Gasteiger partial charge is 0.466 e. The van der Waals surface area contributed by atoms with Gasteiger partial charge in [-0.25, -0.2) is 0 Å². The Labute approximate surface area is 520 Å². The van der Waals surface area contributed by atoms with E-state index in [-0.39, 0.29) is 18.5 Å². The maximum absolute atomic E-state index is 12.6. The van der Waals surface area contributed by atoms with Gasteiger partial charge in [0.2, 0.25) is 5.91 Å². The maximum atomic E-state index is 12.6. The highest BCUT2D eigenvalue weighted by Crippen LogP contribution is 2.19. The average Bonchev–Trinajstić information content (AvgIpc) is 3.49. The summed E-state index contributed by atoms with van der Waals surface area (Å²) in [5.74, 6) is -0.0165. The summed E-state index contributed by atoms with van der Waals surface area (Å²) in [6.45, 7) is 4.99. The zero-order valence-electron chi connectivity index (χ0n) is 56.5. The number of rotatable bonds is 72. The number of esters is 1. The predicted molar refractivity (Wildman–Crippen MR) is 366 cm³/mol. The van der Waals surface area contributed by atoms with Gasteiger partial charge in [0.05, 0.1) is 25.4 Å². The standard InChI is InChI=1S/C77H149NO5/c1-3-5-7-9-11-13-15-17-19-21-22-31-34-38-41-45-49-53-57-61-65-69-75(80)74(73-79)78-76(81)70-66-62-58-54-50-46-42-39-35-32-29-27-25-23-24-26-28-30-33-36-40-44-48-52-56-60-64-68-72-83-77(82)71-67-63-59-55-51-47-43-37-20-18-16-14-12-10-8-6-4-2/h18,20,23-24,74-75,79-80H,3-17,19,21-22,25-73H2,1-2H3,(H,78,81)/b20-18-,24-23-. The zero-order chi connectivity index (χ0) is 59.9. The summed E-state index contributed by atoms with van der Waals surface area (Å²) in [6.07, 6.45) is 92.5. The quantitative estimate of drug-likeness (QED) is 0.0320. The summed E-state index contributed by atoms with van der Waals surface area (Å²) in [5.41, 5.74) is 0. The van der Waals surface area contributed by atoms with E-state index in [1.165, 1.54) is 353 Å². The number of aliphatic hydroxyl groups is 2. The molecule has 1 amide bonds. The topological polar surface area (TPSA) is 95.9 Å². The molecule has 83 heavy (non-hydrogen) atoms. The number of carbonyl (C=O) groups excluding carboxylic acids is 2. The molecule has 0 spiro atoms. The molecule has 0 fully saturated rings. The average molecular weight is 1170 g/mol. The second kappa shape index (κ2) is 72.8. The van der Waals surface area contributed by atoms with E-state index in [9.17, 15) is 19.8 Å². The molecule has 0 aromatic heterocycles. The maximum Gasteiger partial charge on any atom is 0.305 e. The third-order valence-electron chi connectivity index (χ3n) is 18.0. The lowest BCUT2D eigenvalue weighted by Gasteiger charge is -2.22. The summed E-state index contributed by atoms with van der Waals surface area (Å²) in [5, 5.41) is 23.4. The van der Waals surface area contributed by atoms with Crippen LogP contribution >= 0.6 is 0 Å². The van der Waals surface area contributed by atoms with Crippen LogP contribution in [0.3, 0.4) is 0 Å². The van der Waals surface area contributed by atoms with Gasteiger partial charge >= 0.3 is 5.97 Å². The van der Waals surface area contributed by atoms with Crippen molar-refractivity contribution in [2.75, 3.05) is 13.2 Å². The molecule has 2 unspecified atom stereocenters. The minimum Gasteiger partial charge on any atom is -0.466 e. The SMILES string of the molecule is CCCCCCCC/C=C\CCCCCCCCCC(=O)OCCCCCCCCCCCCCC/C=C\CCCCCCCCCCCCCCC(=O)NC(CO)C(O)CCCCCCCCCCCCCCCCCCCCCCC. The van der Waals surface area contributed by atoms with Crippen molar-refractivity contribution in [3.63, 3.8) is 0 Å². The lowest BCUT2D eigenvalue weighted by Crippen LogP contribution is -2.45. The molecule has 0 rings (SSSR count). The first-order valence-corrected chi connectivity index (χ1v) is 38.1. The summed E-state index contributed by atoms with van der Waals surface area (Å²) in [4.78, 5) is 24.7. The smallest absolute Gasteiger partial charge is 0.305 e. The first-order valence-electron chi connectivity index (χ1n) is 38.1. The van der Waals surface area contributed by atoms with E-state index in [0.29, 0.717) is 25.9 Å². The Morgan fingerprint density at radius 1 is 0.325 bits per heavy atom. The number of hydrogen-bond acceptors (Lipinski definition) is 5. The summed E-state index contributed by atoms with van der Waals surface area (Å²) in [7, 11) is 0. The number of ether oxygens (including phenoxy) is 1. The van der Waals surface area contributed by atoms with Crippen LogP contribution in [0.2, 0.25) is 0 Å². The minimum absolute atomic E-state index is 0.0135. The number of unbranched alkanes of at least 4 members (excludes halogenated alkanes) is 57. The molecule has 492 valence electrons. The fourth-order valence-corrected chi connectivity index (χ4v) is 12.2. The molecule has 2 atom stereocenters. The van der Waals surface area contributed by atoms with Crippen molar-refractivity contribution in [2.45, 2.75) is 443 Å². The van der Waals surface area contributed by atoms with E-state index in [1.807, 2.05) is 0 Å². The molecular weight excluding hydrogens is 1020 g/mol. The monoisotopic (exact) mass is 1170 g/mol. The molecule has 0 bridgehead atoms. The molecule has 0 radical (unpaired) electrons. The van der Waals surface area contributed by atoms with Gasteiger partial charge in [-0.2, -0.15) is 0 Å². The summed E-state index contributed by atoms with van der Waals surface area (Å²) < 4.78 is 5.50. The van der Waals surface area contributed by atoms with Crippen molar-refractivity contribution in [3.8, 4) is 0 Å². The van der Waals surface area contributed by atoms with E-state index in [1.54, 1.807) is 0 Å². The van der Waals surface area contributed by atoms with E-state index < -0.39 is 12.1 Å². The van der Waals surface area contributed by atoms with Gasteiger partial charge in [0.1, 0.15) is 0 Å². The molecule has 0 aliphatic rings. The van der Waals surface area contributed by atoms with E-state index in [0.717, 1.165) is 44.9 Å². The first-order chi connectivity index (χ1) is 41.0. The molecule has 3 N–H and O–H groups in total. The highest BCUT2D eigenvalue weighted by atomic mass is 16.5. The van der Waals surface area contributed by atoms with Crippen molar-refractivity contribution in [2.24, 2.45) is 0 Å². The Bertz CT molecular complexity index is 1300. The first kappa shape index (κ1) is 81.3. The van der Waals surface area contributed by atoms with Crippen molar-refractivity contribution in [3.05, 3.63) is 24.3 Å². The van der Waals surface area contributed by atoms with E-state index in [2.05, 4.69) is 43.5 Å². The fourth-order valence-electron chi connectivity index (χ4n) is 12.2. The van der Waals surface area contributed by atoms with Crippen LogP contribution in [-0.4, -0.2) is 47.4 Å². The summed E-state index contributed by atoms with van der Waals surface area (Å²) >= 11 is 0. The van der Waals surface area contributed by atoms with Crippen molar-refractivity contribution in [1.29, 1.82) is 0 Å². The Morgan fingerprint density at radius 2 is 0.566 bits per heavy atom. The Kier molecular flexibility index (Phi) is 71.4. The van der Waals surface area contributed by atoms with Crippen LogP contribution in [0.1, 0.15) is 431 Å². The minimum atomic E-state index is -0.665. The van der Waals surface area contributed by atoms with Gasteiger partial charge in [0, 0.05) is 12.8 Å². The molecule has 6 nitrogen and oxygen atoms in total. The molecule has 0 aromatic rings. The van der Waals surface area contributed by atoms with Crippen LogP contribution in [0, 0.1) is 0 Å². The molecule has 0 heterocycles. The highest BCUT2D eigenvalue weighted by Gasteiger charge is 2.20. The van der Waals surface area contributed by atoms with Gasteiger partial charge in [0.25, 0.3) is 0 Å². The second-order valence-corrected chi connectivity index (χ2v) is 26.3. The fraction of sp³-hybridized carbons (Fsp3) is 0.922. The molecule has 0 saturated carbocycles. The molecule has 0 saturated heterocycles. The normalized spacial score (nSPS) is 12.6.